The van der Waals surface area contributed by atoms with E-state index in [-0.39, 0.29) is 5.82 Å². The van der Waals surface area contributed by atoms with E-state index in [1.54, 1.807) is 19.2 Å². The Morgan fingerprint density at radius 1 is 1.14 bits per heavy atom. The number of benzene rings is 2. The summed E-state index contributed by atoms with van der Waals surface area (Å²) in [5.41, 5.74) is 1.92. The van der Waals surface area contributed by atoms with Gasteiger partial charge in [0, 0.05) is 38.4 Å². The number of ether oxygens (including phenoxy) is 2. The molecule has 0 atom stereocenters. The summed E-state index contributed by atoms with van der Waals surface area (Å²) in [7, 11) is 1.66. The van der Waals surface area contributed by atoms with Crippen molar-refractivity contribution in [3.63, 3.8) is 0 Å². The predicted molar refractivity (Wildman–Crippen MR) is 113 cm³/mol. The highest BCUT2D eigenvalue weighted by atomic mass is 32.1. The van der Waals surface area contributed by atoms with E-state index in [9.17, 15) is 4.39 Å². The molecule has 1 fully saturated rings. The lowest BCUT2D eigenvalue weighted by Gasteiger charge is -2.31. The van der Waals surface area contributed by atoms with Gasteiger partial charge < -0.3 is 19.7 Å². The van der Waals surface area contributed by atoms with E-state index in [1.165, 1.54) is 12.1 Å². The van der Waals surface area contributed by atoms with Gasteiger partial charge in [-0.25, -0.2) is 4.39 Å². The molecule has 0 aliphatic carbocycles. The molecule has 0 bridgehead atoms. The van der Waals surface area contributed by atoms with Crippen LogP contribution in [0.5, 0.6) is 5.75 Å². The topological polar surface area (TPSA) is 37.0 Å². The molecule has 1 aliphatic rings. The summed E-state index contributed by atoms with van der Waals surface area (Å²) in [6.45, 7) is 5.81. The van der Waals surface area contributed by atoms with Crippen molar-refractivity contribution in [2.24, 2.45) is 0 Å². The normalized spacial score (nSPS) is 14.5. The molecule has 0 unspecified atom stereocenters. The third kappa shape index (κ3) is 6.15. The van der Waals surface area contributed by atoms with Crippen LogP contribution in [0.2, 0.25) is 0 Å². The minimum atomic E-state index is -0.265. The molecule has 1 heterocycles. The van der Waals surface area contributed by atoms with Gasteiger partial charge in [-0.15, -0.1) is 0 Å². The highest BCUT2D eigenvalue weighted by Crippen LogP contribution is 2.15. The first-order valence-corrected chi connectivity index (χ1v) is 9.79. The van der Waals surface area contributed by atoms with Gasteiger partial charge in [-0.2, -0.15) is 0 Å². The molecule has 0 saturated carbocycles. The summed E-state index contributed by atoms with van der Waals surface area (Å²) < 4.78 is 23.8. The SMILES string of the molecule is COc1ccc(CN(CCN2CCOCC2)C(=S)Nc2ccc(F)cc2)cc1. The van der Waals surface area contributed by atoms with Crippen LogP contribution in [0.1, 0.15) is 5.56 Å². The van der Waals surface area contributed by atoms with E-state index < -0.39 is 0 Å². The first-order chi connectivity index (χ1) is 13.6. The maximum absolute atomic E-state index is 13.2. The van der Waals surface area contributed by atoms with Crippen molar-refractivity contribution in [3.8, 4) is 5.75 Å². The highest BCUT2D eigenvalue weighted by Gasteiger charge is 2.15. The number of methoxy groups -OCH3 is 1. The Hall–Kier alpha value is -2.22. The van der Waals surface area contributed by atoms with Gasteiger partial charge in [0.05, 0.1) is 20.3 Å². The maximum Gasteiger partial charge on any atom is 0.173 e. The van der Waals surface area contributed by atoms with Crippen LogP contribution in [0.15, 0.2) is 48.5 Å². The Morgan fingerprint density at radius 3 is 2.46 bits per heavy atom. The van der Waals surface area contributed by atoms with E-state index in [2.05, 4.69) is 15.1 Å². The number of halogens is 1. The van der Waals surface area contributed by atoms with E-state index in [1.807, 2.05) is 24.3 Å². The van der Waals surface area contributed by atoms with Gasteiger partial charge in [0.2, 0.25) is 0 Å². The Balaban J connectivity index is 1.66. The van der Waals surface area contributed by atoms with E-state index >= 15 is 0 Å². The molecular weight excluding hydrogens is 377 g/mol. The summed E-state index contributed by atoms with van der Waals surface area (Å²) in [4.78, 5) is 4.51. The maximum atomic E-state index is 13.2. The van der Waals surface area contributed by atoms with Crippen molar-refractivity contribution >= 4 is 23.0 Å². The molecule has 2 aromatic carbocycles. The van der Waals surface area contributed by atoms with Crippen LogP contribution in [0.3, 0.4) is 0 Å². The van der Waals surface area contributed by atoms with Crippen LogP contribution in [-0.2, 0) is 11.3 Å². The minimum Gasteiger partial charge on any atom is -0.497 e. The van der Waals surface area contributed by atoms with Crippen LogP contribution < -0.4 is 10.1 Å². The van der Waals surface area contributed by atoms with Crippen molar-refractivity contribution in [3.05, 3.63) is 59.9 Å². The fourth-order valence-corrected chi connectivity index (χ4v) is 3.30. The molecule has 1 saturated heterocycles. The second kappa shape index (κ2) is 10.4. The second-order valence-corrected chi connectivity index (χ2v) is 7.05. The molecule has 7 heteroatoms. The van der Waals surface area contributed by atoms with Gasteiger partial charge in [0.15, 0.2) is 5.11 Å². The van der Waals surface area contributed by atoms with Crippen LogP contribution >= 0.6 is 12.2 Å². The Bertz CT molecular complexity index is 749. The number of anilines is 1. The third-order valence-corrected chi connectivity index (χ3v) is 5.07. The average Bonchev–Trinajstić information content (AvgIpc) is 2.74. The zero-order valence-electron chi connectivity index (χ0n) is 16.1. The summed E-state index contributed by atoms with van der Waals surface area (Å²) in [6.07, 6.45) is 0. The van der Waals surface area contributed by atoms with Gasteiger partial charge >= 0.3 is 0 Å². The van der Waals surface area contributed by atoms with E-state index in [4.69, 9.17) is 21.7 Å². The number of thiocarbonyl (C=S) groups is 1. The summed E-state index contributed by atoms with van der Waals surface area (Å²) >= 11 is 5.66. The Morgan fingerprint density at radius 2 is 1.82 bits per heavy atom. The van der Waals surface area contributed by atoms with Gasteiger partial charge in [-0.1, -0.05) is 12.1 Å². The Kier molecular flexibility index (Phi) is 7.59. The molecule has 1 aliphatic heterocycles. The summed E-state index contributed by atoms with van der Waals surface area (Å²) in [6, 6.07) is 14.2. The van der Waals surface area contributed by atoms with E-state index in [0.717, 1.165) is 56.4 Å². The van der Waals surface area contributed by atoms with Gasteiger partial charge in [0.1, 0.15) is 11.6 Å². The Labute approximate surface area is 171 Å². The van der Waals surface area contributed by atoms with Gasteiger partial charge in [0.25, 0.3) is 0 Å². The quantitative estimate of drug-likeness (QED) is 0.715. The zero-order valence-corrected chi connectivity index (χ0v) is 16.9. The van der Waals surface area contributed by atoms with Gasteiger partial charge in [-0.05, 0) is 54.2 Å². The van der Waals surface area contributed by atoms with Crippen molar-refractivity contribution in [2.45, 2.75) is 6.54 Å². The standard InChI is InChI=1S/C21H26FN3O2S/c1-26-20-8-2-17(3-9-20)16-25(11-10-24-12-14-27-15-13-24)21(28)23-19-6-4-18(22)5-7-19/h2-9H,10-16H2,1H3,(H,23,28). The van der Waals surface area contributed by atoms with Gasteiger partial charge in [-0.3, -0.25) is 4.90 Å². The third-order valence-electron chi connectivity index (χ3n) is 4.71. The highest BCUT2D eigenvalue weighted by molar-refractivity contribution is 7.80. The molecule has 0 amide bonds. The second-order valence-electron chi connectivity index (χ2n) is 6.66. The number of rotatable bonds is 7. The number of morpholine rings is 1. The smallest absolute Gasteiger partial charge is 0.173 e. The number of nitrogens with zero attached hydrogens (tertiary/aromatic N) is 2. The lowest BCUT2D eigenvalue weighted by Crippen LogP contribution is -2.43. The minimum absolute atomic E-state index is 0.265. The molecule has 1 N–H and O–H groups in total. The van der Waals surface area contributed by atoms with Crippen LogP contribution in [0, 0.1) is 5.82 Å². The zero-order chi connectivity index (χ0) is 19.8. The summed E-state index contributed by atoms with van der Waals surface area (Å²) in [5.74, 6) is 0.564. The van der Waals surface area contributed by atoms with Crippen molar-refractivity contribution in [1.29, 1.82) is 0 Å². The molecule has 0 radical (unpaired) electrons. The molecule has 0 aromatic heterocycles. The predicted octanol–water partition coefficient (Wildman–Crippen LogP) is 3.37. The van der Waals surface area contributed by atoms with Crippen LogP contribution in [-0.4, -0.2) is 61.4 Å². The molecule has 0 spiro atoms. The monoisotopic (exact) mass is 403 g/mol. The molecule has 3 rings (SSSR count). The largest absolute Gasteiger partial charge is 0.497 e. The number of nitrogens with one attached hydrogen (secondary N) is 1. The molecule has 150 valence electrons. The lowest BCUT2D eigenvalue weighted by molar-refractivity contribution is 0.0358. The molecule has 5 nitrogen and oxygen atoms in total. The number of hydrogen-bond acceptors (Lipinski definition) is 4. The van der Waals surface area contributed by atoms with Crippen molar-refractivity contribution < 1.29 is 13.9 Å². The molecular formula is C21H26FN3O2S. The van der Waals surface area contributed by atoms with E-state index in [0.29, 0.717) is 11.7 Å². The lowest BCUT2D eigenvalue weighted by atomic mass is 10.2. The average molecular weight is 404 g/mol. The number of hydrogen-bond donors (Lipinski definition) is 1. The van der Waals surface area contributed by atoms with Crippen LogP contribution in [0.25, 0.3) is 0 Å². The fraction of sp³-hybridized carbons (Fsp3) is 0.381. The molecule has 2 aromatic rings. The first-order valence-electron chi connectivity index (χ1n) is 9.38. The fourth-order valence-electron chi connectivity index (χ4n) is 3.03. The van der Waals surface area contributed by atoms with Crippen molar-refractivity contribution in [1.82, 2.24) is 9.80 Å². The molecule has 28 heavy (non-hydrogen) atoms. The summed E-state index contributed by atoms with van der Waals surface area (Å²) in [5, 5.41) is 3.84. The van der Waals surface area contributed by atoms with Crippen LogP contribution in [0.4, 0.5) is 10.1 Å². The van der Waals surface area contributed by atoms with Crippen molar-refractivity contribution in [2.75, 3.05) is 51.8 Å². The first kappa shape index (κ1) is 20.5.